The Labute approximate surface area is 103 Å². The predicted molar refractivity (Wildman–Crippen MR) is 61.8 cm³/mol. The van der Waals surface area contributed by atoms with E-state index >= 15 is 0 Å². The molecule has 0 aromatic rings. The van der Waals surface area contributed by atoms with Crippen LogP contribution in [-0.2, 0) is 19.1 Å². The van der Waals surface area contributed by atoms with E-state index < -0.39 is 17.7 Å². The van der Waals surface area contributed by atoms with Crippen molar-refractivity contribution < 1.29 is 24.2 Å². The van der Waals surface area contributed by atoms with E-state index in [0.717, 1.165) is 6.20 Å². The number of allylic oxidation sites excluding steroid dienone is 3. The number of fused-ring (bicyclic) bond motifs is 1. The van der Waals surface area contributed by atoms with Crippen LogP contribution in [0.15, 0.2) is 40.4 Å². The van der Waals surface area contributed by atoms with Gasteiger partial charge < -0.3 is 14.6 Å². The van der Waals surface area contributed by atoms with Gasteiger partial charge in [0, 0.05) is 18.4 Å². The molecule has 0 saturated carbocycles. The maximum absolute atomic E-state index is 12.0. The number of ketones is 1. The third-order valence-electron chi connectivity index (χ3n) is 2.73. The molecule has 6 heteroatoms. The molecule has 1 unspecified atom stereocenters. The van der Waals surface area contributed by atoms with Gasteiger partial charge in [-0.05, 0) is 0 Å². The fourth-order valence-electron chi connectivity index (χ4n) is 1.83. The van der Waals surface area contributed by atoms with Gasteiger partial charge in [0.05, 0.1) is 19.9 Å². The second-order valence-electron chi connectivity index (χ2n) is 3.70. The number of carboxylic acid groups (broad SMARTS) is 1. The molecule has 0 saturated heterocycles. The van der Waals surface area contributed by atoms with Gasteiger partial charge in [0.2, 0.25) is 0 Å². The molecule has 18 heavy (non-hydrogen) atoms. The van der Waals surface area contributed by atoms with E-state index in [1.165, 1.54) is 14.2 Å². The van der Waals surface area contributed by atoms with Crippen molar-refractivity contribution in [2.75, 3.05) is 14.2 Å². The molecule has 0 bridgehead atoms. The van der Waals surface area contributed by atoms with Gasteiger partial charge in [-0.25, -0.2) is 4.79 Å². The first kappa shape index (κ1) is 12.1. The molecule has 0 radical (unpaired) electrons. The highest BCUT2D eigenvalue weighted by molar-refractivity contribution is 6.28. The second-order valence-corrected chi connectivity index (χ2v) is 3.70. The number of carbonyl (C=O) groups is 2. The van der Waals surface area contributed by atoms with Crippen molar-refractivity contribution in [3.8, 4) is 0 Å². The fourth-order valence-corrected chi connectivity index (χ4v) is 1.83. The molecule has 1 atom stereocenters. The molecule has 0 fully saturated rings. The number of ether oxygens (including phenoxy) is 2. The number of rotatable bonds is 3. The van der Waals surface area contributed by atoms with E-state index in [1.807, 2.05) is 0 Å². The molecular weight excluding hydrogens is 238 g/mol. The molecular formula is C12H11NO5. The van der Waals surface area contributed by atoms with E-state index in [0.29, 0.717) is 17.2 Å². The van der Waals surface area contributed by atoms with Crippen LogP contribution in [0.5, 0.6) is 0 Å². The molecule has 0 spiro atoms. The Morgan fingerprint density at radius 1 is 1.33 bits per heavy atom. The van der Waals surface area contributed by atoms with Gasteiger partial charge >= 0.3 is 5.97 Å². The lowest BCUT2D eigenvalue weighted by Crippen LogP contribution is -2.33. The first-order valence-electron chi connectivity index (χ1n) is 5.15. The third kappa shape index (κ3) is 1.81. The molecule has 1 aliphatic heterocycles. The predicted octanol–water partition coefficient (Wildman–Crippen LogP) is 0.669. The zero-order chi connectivity index (χ0) is 13.3. The Kier molecular flexibility index (Phi) is 3.01. The zero-order valence-electron chi connectivity index (χ0n) is 9.84. The number of aliphatic carboxylic acids is 1. The monoisotopic (exact) mass is 249 g/mol. The van der Waals surface area contributed by atoms with Gasteiger partial charge in [0.15, 0.2) is 5.78 Å². The Hall–Kier alpha value is -2.37. The molecule has 0 aromatic carbocycles. The maximum atomic E-state index is 12.0. The minimum Gasteiger partial charge on any atom is -0.500 e. The smallest absolute Gasteiger partial charge is 0.340 e. The molecule has 2 aliphatic rings. The van der Waals surface area contributed by atoms with Gasteiger partial charge in [-0.15, -0.1) is 0 Å². The van der Waals surface area contributed by atoms with Gasteiger partial charge in [0.25, 0.3) is 0 Å². The van der Waals surface area contributed by atoms with E-state index in [1.54, 1.807) is 12.2 Å². The summed E-state index contributed by atoms with van der Waals surface area (Å²) >= 11 is 0. The molecule has 2 rings (SSSR count). The second kappa shape index (κ2) is 4.48. The van der Waals surface area contributed by atoms with Crippen LogP contribution in [0.1, 0.15) is 0 Å². The molecule has 0 amide bonds. The van der Waals surface area contributed by atoms with Crippen molar-refractivity contribution in [2.24, 2.45) is 10.9 Å². The van der Waals surface area contributed by atoms with Gasteiger partial charge in [-0.3, -0.25) is 9.79 Å². The normalized spacial score (nSPS) is 22.1. The number of methoxy groups -OCH3 is 2. The highest BCUT2D eigenvalue weighted by Crippen LogP contribution is 2.29. The summed E-state index contributed by atoms with van der Waals surface area (Å²) in [6.45, 7) is 0. The Morgan fingerprint density at radius 2 is 2.06 bits per heavy atom. The van der Waals surface area contributed by atoms with Crippen molar-refractivity contribution in [1.82, 2.24) is 0 Å². The largest absolute Gasteiger partial charge is 0.500 e. The van der Waals surface area contributed by atoms with Crippen molar-refractivity contribution in [3.05, 3.63) is 35.4 Å². The van der Waals surface area contributed by atoms with E-state index in [2.05, 4.69) is 4.99 Å². The van der Waals surface area contributed by atoms with E-state index in [-0.39, 0.29) is 5.57 Å². The Bertz CT molecular complexity index is 539. The highest BCUT2D eigenvalue weighted by atomic mass is 16.5. The van der Waals surface area contributed by atoms with Crippen LogP contribution in [0.3, 0.4) is 0 Å². The summed E-state index contributed by atoms with van der Waals surface area (Å²) in [5.74, 6) is -1.80. The van der Waals surface area contributed by atoms with Crippen molar-refractivity contribution in [2.45, 2.75) is 0 Å². The molecule has 94 valence electrons. The lowest BCUT2D eigenvalue weighted by atomic mass is 9.86. The SMILES string of the molecule is COC1=CC2=NC=C(C(=O)O)C(=O)C2C(OC)=C1. The standard InChI is InChI=1S/C12H11NO5/c1-17-6-3-8-10(9(4-6)18-2)11(14)7(5-13-8)12(15)16/h3-5,10H,1-2H3,(H,15,16). The number of hydrogen-bond donors (Lipinski definition) is 1. The average Bonchev–Trinajstić information content (AvgIpc) is 2.37. The van der Waals surface area contributed by atoms with Crippen LogP contribution in [0, 0.1) is 5.92 Å². The van der Waals surface area contributed by atoms with E-state index in [4.69, 9.17) is 14.6 Å². The number of Topliss-reactive ketones (excluding diaryl/α,β-unsaturated/α-hetero) is 1. The minimum absolute atomic E-state index is 0.324. The summed E-state index contributed by atoms with van der Waals surface area (Å²) < 4.78 is 10.2. The number of hydrogen-bond acceptors (Lipinski definition) is 5. The summed E-state index contributed by atoms with van der Waals surface area (Å²) in [4.78, 5) is 26.9. The summed E-state index contributed by atoms with van der Waals surface area (Å²) in [5.41, 5.74) is 0.0715. The summed E-state index contributed by atoms with van der Waals surface area (Å²) in [7, 11) is 2.90. The maximum Gasteiger partial charge on any atom is 0.340 e. The minimum atomic E-state index is -1.29. The van der Waals surface area contributed by atoms with Crippen LogP contribution in [0.4, 0.5) is 0 Å². The van der Waals surface area contributed by atoms with Crippen LogP contribution < -0.4 is 0 Å². The number of aliphatic imine (C=N–C) groups is 1. The number of nitrogens with zero attached hydrogens (tertiary/aromatic N) is 1. The molecule has 6 nitrogen and oxygen atoms in total. The van der Waals surface area contributed by atoms with Crippen LogP contribution in [-0.4, -0.2) is 36.8 Å². The van der Waals surface area contributed by atoms with Crippen LogP contribution in [0.2, 0.25) is 0 Å². The van der Waals surface area contributed by atoms with Gasteiger partial charge in [0.1, 0.15) is 23.0 Å². The number of carboxylic acids is 1. The first-order valence-corrected chi connectivity index (χ1v) is 5.15. The summed E-state index contributed by atoms with van der Waals surface area (Å²) in [6.07, 6.45) is 4.19. The number of carbonyl (C=O) groups excluding carboxylic acids is 1. The van der Waals surface area contributed by atoms with Crippen LogP contribution in [0.25, 0.3) is 0 Å². The average molecular weight is 249 g/mol. The molecule has 0 aromatic heterocycles. The van der Waals surface area contributed by atoms with Crippen LogP contribution >= 0.6 is 0 Å². The molecule has 1 aliphatic carbocycles. The summed E-state index contributed by atoms with van der Waals surface area (Å²) in [5, 5.41) is 8.90. The topological polar surface area (TPSA) is 85.2 Å². The van der Waals surface area contributed by atoms with Crippen molar-refractivity contribution in [1.29, 1.82) is 0 Å². The first-order chi connectivity index (χ1) is 8.58. The lowest BCUT2D eigenvalue weighted by molar-refractivity contribution is -0.135. The fraction of sp³-hybridized carbons (Fsp3) is 0.250. The van der Waals surface area contributed by atoms with Crippen molar-refractivity contribution >= 4 is 17.5 Å². The lowest BCUT2D eigenvalue weighted by Gasteiger charge is -2.24. The summed E-state index contributed by atoms with van der Waals surface area (Å²) in [6, 6.07) is 0. The van der Waals surface area contributed by atoms with E-state index in [9.17, 15) is 9.59 Å². The molecule has 1 heterocycles. The van der Waals surface area contributed by atoms with Gasteiger partial charge in [-0.2, -0.15) is 0 Å². The molecule has 1 N–H and O–H groups in total. The zero-order valence-corrected chi connectivity index (χ0v) is 9.84. The Morgan fingerprint density at radius 3 is 2.61 bits per heavy atom. The highest BCUT2D eigenvalue weighted by Gasteiger charge is 2.38. The third-order valence-corrected chi connectivity index (χ3v) is 2.73. The van der Waals surface area contributed by atoms with Crippen molar-refractivity contribution in [3.63, 3.8) is 0 Å². The van der Waals surface area contributed by atoms with Gasteiger partial charge in [-0.1, -0.05) is 0 Å². The Balaban J connectivity index is 2.49. The quantitative estimate of drug-likeness (QED) is 0.743.